The Morgan fingerprint density at radius 1 is 1.29 bits per heavy atom. The zero-order valence-corrected chi connectivity index (χ0v) is 8.82. The third-order valence-electron chi connectivity index (χ3n) is 2.14. The molecular formula is C12H15NO. The molecule has 2 heteroatoms. The van der Waals surface area contributed by atoms with Crippen LogP contribution in [0.25, 0.3) is 0 Å². The Morgan fingerprint density at radius 2 is 1.86 bits per heavy atom. The minimum absolute atomic E-state index is 0.0823. The van der Waals surface area contributed by atoms with Crippen LogP contribution in [0.4, 0.5) is 5.69 Å². The maximum atomic E-state index is 11.3. The number of benzene rings is 1. The minimum atomic E-state index is 0.0823. The zero-order chi connectivity index (χ0) is 10.6. The molecule has 14 heavy (non-hydrogen) atoms. The van der Waals surface area contributed by atoms with Crippen LogP contribution >= 0.6 is 0 Å². The average molecular weight is 189 g/mol. The van der Waals surface area contributed by atoms with Crippen molar-refractivity contribution in [3.8, 4) is 0 Å². The Hall–Kier alpha value is -1.57. The first kappa shape index (κ1) is 10.5. The molecule has 0 radical (unpaired) electrons. The van der Waals surface area contributed by atoms with Gasteiger partial charge in [0, 0.05) is 19.7 Å². The van der Waals surface area contributed by atoms with Gasteiger partial charge in [-0.2, -0.15) is 0 Å². The van der Waals surface area contributed by atoms with E-state index in [2.05, 4.69) is 0 Å². The van der Waals surface area contributed by atoms with Gasteiger partial charge in [-0.25, -0.2) is 0 Å². The first-order valence-electron chi connectivity index (χ1n) is 4.63. The zero-order valence-electron chi connectivity index (χ0n) is 8.82. The third-order valence-corrected chi connectivity index (χ3v) is 2.14. The fourth-order valence-corrected chi connectivity index (χ4v) is 1.42. The summed E-state index contributed by atoms with van der Waals surface area (Å²) in [5.41, 5.74) is 1.74. The third kappa shape index (κ3) is 2.22. The number of ketones is 1. The van der Waals surface area contributed by atoms with Gasteiger partial charge in [0.1, 0.15) is 0 Å². The molecule has 1 rings (SSSR count). The Morgan fingerprint density at radius 3 is 2.29 bits per heavy atom. The molecule has 0 aliphatic heterocycles. The Bertz CT molecular complexity index is 341. The highest BCUT2D eigenvalue weighted by molar-refractivity contribution is 5.96. The van der Waals surface area contributed by atoms with Crippen LogP contribution in [-0.4, -0.2) is 12.8 Å². The van der Waals surface area contributed by atoms with Crippen molar-refractivity contribution in [3.63, 3.8) is 0 Å². The van der Waals surface area contributed by atoms with Crippen LogP contribution in [0.15, 0.2) is 42.1 Å². The number of hydrogen-bond acceptors (Lipinski definition) is 2. The van der Waals surface area contributed by atoms with Crippen molar-refractivity contribution in [2.45, 2.75) is 13.8 Å². The number of para-hydroxylation sites is 1. The highest BCUT2D eigenvalue weighted by Gasteiger charge is 2.09. The monoisotopic (exact) mass is 189 g/mol. The molecule has 0 aliphatic rings. The lowest BCUT2D eigenvalue weighted by molar-refractivity contribution is -0.113. The summed E-state index contributed by atoms with van der Waals surface area (Å²) in [5, 5.41) is 0. The summed E-state index contributed by atoms with van der Waals surface area (Å²) >= 11 is 0. The molecule has 0 amide bonds. The normalized spacial score (nSPS) is 11.2. The second-order valence-electron chi connectivity index (χ2n) is 3.12. The minimum Gasteiger partial charge on any atom is -0.342 e. The number of Topliss-reactive ketones (excluding diaryl/α,β-unsaturated/α-hetero) is 1. The number of carbonyl (C=O) groups is 1. The van der Waals surface area contributed by atoms with E-state index in [0.717, 1.165) is 11.4 Å². The largest absolute Gasteiger partial charge is 0.342 e. The van der Waals surface area contributed by atoms with E-state index in [1.165, 1.54) is 0 Å². The van der Waals surface area contributed by atoms with Crippen molar-refractivity contribution in [2.75, 3.05) is 11.9 Å². The predicted molar refractivity (Wildman–Crippen MR) is 59.3 cm³/mol. The summed E-state index contributed by atoms with van der Waals surface area (Å²) in [4.78, 5) is 13.2. The summed E-state index contributed by atoms with van der Waals surface area (Å²) in [6, 6.07) is 9.83. The number of carbonyl (C=O) groups excluding carboxylic acids is 1. The molecule has 74 valence electrons. The van der Waals surface area contributed by atoms with Gasteiger partial charge >= 0.3 is 0 Å². The predicted octanol–water partition coefficient (Wildman–Crippen LogP) is 2.62. The van der Waals surface area contributed by atoms with Gasteiger partial charge in [0.05, 0.1) is 5.70 Å². The van der Waals surface area contributed by atoms with Crippen molar-refractivity contribution in [2.24, 2.45) is 0 Å². The molecule has 1 aromatic rings. The second-order valence-corrected chi connectivity index (χ2v) is 3.12. The van der Waals surface area contributed by atoms with E-state index >= 15 is 0 Å². The number of hydrogen-bond donors (Lipinski definition) is 0. The second kappa shape index (κ2) is 4.61. The van der Waals surface area contributed by atoms with Gasteiger partial charge in [0.15, 0.2) is 5.78 Å². The number of likely N-dealkylation sites (N-methyl/N-ethyl adjacent to an activating group) is 1. The molecule has 0 saturated heterocycles. The molecule has 0 atom stereocenters. The van der Waals surface area contributed by atoms with Crippen molar-refractivity contribution < 1.29 is 4.79 Å². The van der Waals surface area contributed by atoms with Crippen LogP contribution in [0.2, 0.25) is 0 Å². The van der Waals surface area contributed by atoms with Gasteiger partial charge in [-0.05, 0) is 19.1 Å². The quantitative estimate of drug-likeness (QED) is 0.681. The van der Waals surface area contributed by atoms with E-state index in [9.17, 15) is 4.79 Å². The summed E-state index contributed by atoms with van der Waals surface area (Å²) in [7, 11) is 1.89. The number of anilines is 1. The van der Waals surface area contributed by atoms with E-state index in [4.69, 9.17) is 0 Å². The maximum Gasteiger partial charge on any atom is 0.175 e. The van der Waals surface area contributed by atoms with E-state index in [1.807, 2.05) is 55.3 Å². The van der Waals surface area contributed by atoms with E-state index < -0.39 is 0 Å². The molecule has 0 aromatic heterocycles. The molecule has 0 unspecified atom stereocenters. The highest BCUT2D eigenvalue weighted by atomic mass is 16.1. The molecule has 0 saturated carbocycles. The van der Waals surface area contributed by atoms with E-state index in [-0.39, 0.29) is 5.78 Å². The number of nitrogens with zero attached hydrogens (tertiary/aromatic N) is 1. The highest BCUT2D eigenvalue weighted by Crippen LogP contribution is 2.16. The van der Waals surface area contributed by atoms with E-state index in [1.54, 1.807) is 6.92 Å². The Kier molecular flexibility index (Phi) is 3.46. The Labute approximate surface area is 84.9 Å². The van der Waals surface area contributed by atoms with E-state index in [0.29, 0.717) is 0 Å². The summed E-state index contributed by atoms with van der Waals surface area (Å²) in [6.07, 6.45) is 1.83. The van der Waals surface area contributed by atoms with Crippen LogP contribution < -0.4 is 4.90 Å². The summed E-state index contributed by atoms with van der Waals surface area (Å²) < 4.78 is 0. The van der Waals surface area contributed by atoms with Gasteiger partial charge in [-0.3, -0.25) is 4.79 Å². The fourth-order valence-electron chi connectivity index (χ4n) is 1.42. The topological polar surface area (TPSA) is 20.3 Å². The van der Waals surface area contributed by atoms with Crippen LogP contribution in [0.3, 0.4) is 0 Å². The lowest BCUT2D eigenvalue weighted by Crippen LogP contribution is -2.21. The molecule has 2 nitrogen and oxygen atoms in total. The molecule has 0 N–H and O–H groups in total. The van der Waals surface area contributed by atoms with Crippen LogP contribution in [0, 0.1) is 0 Å². The van der Waals surface area contributed by atoms with Gasteiger partial charge in [-0.1, -0.05) is 24.3 Å². The molecule has 0 heterocycles. The molecule has 1 aromatic carbocycles. The standard InChI is InChI=1S/C12H15NO/c1-4-12(10(2)14)13(3)11-8-6-5-7-9-11/h4-9H,1-3H3/b12-4+. The SMILES string of the molecule is C/C=C(\C(C)=O)N(C)c1ccccc1. The number of allylic oxidation sites excluding steroid dienone is 2. The first-order chi connectivity index (χ1) is 6.66. The van der Waals surface area contributed by atoms with Gasteiger partial charge in [-0.15, -0.1) is 0 Å². The summed E-state index contributed by atoms with van der Waals surface area (Å²) in [5.74, 6) is 0.0823. The van der Waals surface area contributed by atoms with Crippen molar-refractivity contribution in [3.05, 3.63) is 42.1 Å². The summed E-state index contributed by atoms with van der Waals surface area (Å²) in [6.45, 7) is 3.45. The van der Waals surface area contributed by atoms with Crippen molar-refractivity contribution in [1.29, 1.82) is 0 Å². The van der Waals surface area contributed by atoms with Crippen molar-refractivity contribution >= 4 is 11.5 Å². The Balaban J connectivity index is 2.96. The average Bonchev–Trinajstić information content (AvgIpc) is 2.19. The van der Waals surface area contributed by atoms with Crippen LogP contribution in [-0.2, 0) is 4.79 Å². The maximum absolute atomic E-state index is 11.3. The smallest absolute Gasteiger partial charge is 0.175 e. The molecule has 0 fully saturated rings. The molecule has 0 spiro atoms. The molecule has 0 aliphatic carbocycles. The van der Waals surface area contributed by atoms with Crippen LogP contribution in [0.5, 0.6) is 0 Å². The lowest BCUT2D eigenvalue weighted by atomic mass is 10.2. The van der Waals surface area contributed by atoms with Crippen LogP contribution in [0.1, 0.15) is 13.8 Å². The van der Waals surface area contributed by atoms with Gasteiger partial charge in [0.2, 0.25) is 0 Å². The fraction of sp³-hybridized carbons (Fsp3) is 0.250. The van der Waals surface area contributed by atoms with Gasteiger partial charge in [0.25, 0.3) is 0 Å². The molecule has 0 bridgehead atoms. The lowest BCUT2D eigenvalue weighted by Gasteiger charge is -2.20. The first-order valence-corrected chi connectivity index (χ1v) is 4.63. The van der Waals surface area contributed by atoms with Crippen molar-refractivity contribution in [1.82, 2.24) is 0 Å². The number of rotatable bonds is 3. The van der Waals surface area contributed by atoms with Gasteiger partial charge < -0.3 is 4.90 Å². The molecular weight excluding hydrogens is 174 g/mol.